The molecule has 0 aromatic heterocycles. The van der Waals surface area contributed by atoms with E-state index >= 15 is 0 Å². The third-order valence-electron chi connectivity index (χ3n) is 2.80. The summed E-state index contributed by atoms with van der Waals surface area (Å²) in [6, 6.07) is 0.411. The van der Waals surface area contributed by atoms with Crippen LogP contribution in [0.4, 0.5) is 0 Å². The highest BCUT2D eigenvalue weighted by molar-refractivity contribution is 5.78. The van der Waals surface area contributed by atoms with Gasteiger partial charge in [0.15, 0.2) is 0 Å². The average molecular weight is 196 g/mol. The van der Waals surface area contributed by atoms with Crippen molar-refractivity contribution in [2.75, 3.05) is 19.8 Å². The molecule has 14 heavy (non-hydrogen) atoms. The van der Waals surface area contributed by atoms with E-state index < -0.39 is 0 Å². The van der Waals surface area contributed by atoms with Gasteiger partial charge in [-0.15, -0.1) is 0 Å². The number of nitrogens with zero attached hydrogens (tertiary/aromatic N) is 1. The van der Waals surface area contributed by atoms with E-state index in [1.165, 1.54) is 0 Å². The van der Waals surface area contributed by atoms with E-state index in [1.807, 2.05) is 11.0 Å². The van der Waals surface area contributed by atoms with Crippen molar-refractivity contribution < 1.29 is 9.53 Å². The van der Waals surface area contributed by atoms with Crippen LogP contribution in [0.3, 0.4) is 0 Å². The first-order chi connectivity index (χ1) is 6.77. The van der Waals surface area contributed by atoms with Crippen molar-refractivity contribution in [2.24, 2.45) is 5.73 Å². The molecule has 0 saturated carbocycles. The van der Waals surface area contributed by atoms with Crippen molar-refractivity contribution >= 4 is 5.91 Å². The van der Waals surface area contributed by atoms with E-state index in [1.54, 1.807) is 0 Å². The van der Waals surface area contributed by atoms with Crippen LogP contribution in [0.5, 0.6) is 0 Å². The van der Waals surface area contributed by atoms with Gasteiger partial charge in [-0.1, -0.05) is 12.2 Å². The van der Waals surface area contributed by atoms with Gasteiger partial charge in [0.2, 0.25) is 5.91 Å². The molecule has 1 fully saturated rings. The highest BCUT2D eigenvalue weighted by Crippen LogP contribution is 2.17. The number of carbonyl (C=O) groups is 1. The number of hydrogen-bond donors (Lipinski definition) is 1. The normalized spacial score (nSPS) is 33.5. The summed E-state index contributed by atoms with van der Waals surface area (Å²) in [5.74, 6) is 0.0985. The number of ether oxygens (including phenoxy) is 1. The number of nitrogens with two attached hydrogens (primary N) is 1. The molecule has 2 unspecified atom stereocenters. The highest BCUT2D eigenvalue weighted by Gasteiger charge is 2.26. The van der Waals surface area contributed by atoms with Gasteiger partial charge in [0.25, 0.3) is 0 Å². The van der Waals surface area contributed by atoms with Crippen LogP contribution in [0.1, 0.15) is 12.8 Å². The number of amides is 1. The molecule has 78 valence electrons. The van der Waals surface area contributed by atoms with Gasteiger partial charge in [-0.05, 0) is 12.8 Å². The molecule has 0 spiro atoms. The van der Waals surface area contributed by atoms with Crippen LogP contribution in [0.2, 0.25) is 0 Å². The van der Waals surface area contributed by atoms with Gasteiger partial charge in [-0.2, -0.15) is 0 Å². The third kappa shape index (κ3) is 1.96. The van der Waals surface area contributed by atoms with Gasteiger partial charge in [-0.3, -0.25) is 4.79 Å². The molecule has 0 bridgehead atoms. The first-order valence-electron chi connectivity index (χ1n) is 5.08. The Morgan fingerprint density at radius 1 is 1.43 bits per heavy atom. The lowest BCUT2D eigenvalue weighted by atomic mass is 9.98. The lowest BCUT2D eigenvalue weighted by Gasteiger charge is -2.35. The minimum atomic E-state index is 0.0985. The van der Waals surface area contributed by atoms with Gasteiger partial charge >= 0.3 is 0 Å². The molecular weight excluding hydrogens is 180 g/mol. The summed E-state index contributed by atoms with van der Waals surface area (Å²) in [5.41, 5.74) is 5.75. The second-order valence-corrected chi connectivity index (χ2v) is 3.83. The summed E-state index contributed by atoms with van der Waals surface area (Å²) < 4.78 is 5.08. The van der Waals surface area contributed by atoms with E-state index in [0.29, 0.717) is 13.2 Å². The maximum absolute atomic E-state index is 11.5. The number of morpholine rings is 1. The standard InChI is InChI=1S/C10H16N2O2/c11-8-1-3-9(4-2-8)12-5-6-14-7-10(12)13/h1,3,8-9H,2,4-7,11H2. The Morgan fingerprint density at radius 3 is 2.93 bits per heavy atom. The van der Waals surface area contributed by atoms with Crippen LogP contribution in [0, 0.1) is 0 Å². The van der Waals surface area contributed by atoms with Crippen molar-refractivity contribution in [2.45, 2.75) is 24.9 Å². The second kappa shape index (κ2) is 4.11. The SMILES string of the molecule is NC1C=CC(N2CCOCC2=O)CC1. The fourth-order valence-corrected chi connectivity index (χ4v) is 1.97. The maximum Gasteiger partial charge on any atom is 0.249 e. The van der Waals surface area contributed by atoms with Crippen molar-refractivity contribution in [3.8, 4) is 0 Å². The zero-order chi connectivity index (χ0) is 9.97. The van der Waals surface area contributed by atoms with Crippen LogP contribution in [0.15, 0.2) is 12.2 Å². The van der Waals surface area contributed by atoms with E-state index in [9.17, 15) is 4.79 Å². The molecule has 1 heterocycles. The maximum atomic E-state index is 11.5. The largest absolute Gasteiger partial charge is 0.370 e. The lowest BCUT2D eigenvalue weighted by molar-refractivity contribution is -0.144. The molecule has 0 radical (unpaired) electrons. The second-order valence-electron chi connectivity index (χ2n) is 3.83. The molecule has 0 aromatic carbocycles. The molecule has 1 aliphatic carbocycles. The van der Waals surface area contributed by atoms with Crippen LogP contribution < -0.4 is 5.73 Å². The molecule has 1 aliphatic heterocycles. The highest BCUT2D eigenvalue weighted by atomic mass is 16.5. The minimum Gasteiger partial charge on any atom is -0.370 e. The van der Waals surface area contributed by atoms with Crippen molar-refractivity contribution in [1.82, 2.24) is 4.90 Å². The Morgan fingerprint density at radius 2 is 2.29 bits per heavy atom. The topological polar surface area (TPSA) is 55.6 Å². The predicted molar refractivity (Wildman–Crippen MR) is 52.7 cm³/mol. The van der Waals surface area contributed by atoms with Gasteiger partial charge in [0, 0.05) is 12.6 Å². The molecule has 0 aromatic rings. The van der Waals surface area contributed by atoms with Crippen LogP contribution >= 0.6 is 0 Å². The summed E-state index contributed by atoms with van der Waals surface area (Å²) in [5, 5.41) is 0. The third-order valence-corrected chi connectivity index (χ3v) is 2.80. The molecule has 4 nitrogen and oxygen atoms in total. The first-order valence-corrected chi connectivity index (χ1v) is 5.08. The average Bonchev–Trinajstić information content (AvgIpc) is 2.20. The lowest BCUT2D eigenvalue weighted by Crippen LogP contribution is -2.48. The molecule has 2 aliphatic rings. The Bertz CT molecular complexity index is 253. The molecule has 1 amide bonds. The van der Waals surface area contributed by atoms with Gasteiger partial charge in [-0.25, -0.2) is 0 Å². The Labute approximate surface area is 83.7 Å². The number of rotatable bonds is 1. The van der Waals surface area contributed by atoms with E-state index in [4.69, 9.17) is 10.5 Å². The fourth-order valence-electron chi connectivity index (χ4n) is 1.97. The zero-order valence-corrected chi connectivity index (χ0v) is 8.19. The van der Waals surface area contributed by atoms with E-state index in [-0.39, 0.29) is 24.6 Å². The summed E-state index contributed by atoms with van der Waals surface area (Å²) in [6.07, 6.45) is 5.99. The smallest absolute Gasteiger partial charge is 0.249 e. The molecule has 2 atom stereocenters. The van der Waals surface area contributed by atoms with Crippen molar-refractivity contribution in [1.29, 1.82) is 0 Å². The predicted octanol–water partition coefficient (Wildman–Crippen LogP) is -0.109. The Kier molecular flexibility index (Phi) is 2.84. The van der Waals surface area contributed by atoms with E-state index in [2.05, 4.69) is 6.08 Å². The van der Waals surface area contributed by atoms with E-state index in [0.717, 1.165) is 12.8 Å². The monoisotopic (exact) mass is 196 g/mol. The van der Waals surface area contributed by atoms with Gasteiger partial charge in [0.05, 0.1) is 12.6 Å². The summed E-state index contributed by atoms with van der Waals surface area (Å²) in [4.78, 5) is 13.4. The fraction of sp³-hybridized carbons (Fsp3) is 0.700. The molecular formula is C10H16N2O2. The molecule has 2 rings (SSSR count). The summed E-state index contributed by atoms with van der Waals surface area (Å²) in [7, 11) is 0. The Hall–Kier alpha value is -0.870. The molecule has 2 N–H and O–H groups in total. The molecule has 4 heteroatoms. The van der Waals surface area contributed by atoms with Crippen molar-refractivity contribution in [3.05, 3.63) is 12.2 Å². The number of hydrogen-bond acceptors (Lipinski definition) is 3. The minimum absolute atomic E-state index is 0.0985. The quantitative estimate of drug-likeness (QED) is 0.595. The Balaban J connectivity index is 2.00. The van der Waals surface area contributed by atoms with Gasteiger partial charge < -0.3 is 15.4 Å². The summed E-state index contributed by atoms with van der Waals surface area (Å²) in [6.45, 7) is 1.60. The first kappa shape index (κ1) is 9.68. The van der Waals surface area contributed by atoms with Gasteiger partial charge in [0.1, 0.15) is 6.61 Å². The van der Waals surface area contributed by atoms with Crippen LogP contribution in [0.25, 0.3) is 0 Å². The van der Waals surface area contributed by atoms with Crippen LogP contribution in [-0.2, 0) is 9.53 Å². The zero-order valence-electron chi connectivity index (χ0n) is 8.19. The van der Waals surface area contributed by atoms with Crippen molar-refractivity contribution in [3.63, 3.8) is 0 Å². The molecule has 1 saturated heterocycles. The number of carbonyl (C=O) groups excluding carboxylic acids is 1. The van der Waals surface area contributed by atoms with Crippen LogP contribution in [-0.4, -0.2) is 42.6 Å². The summed E-state index contributed by atoms with van der Waals surface area (Å²) >= 11 is 0.